The van der Waals surface area contributed by atoms with Gasteiger partial charge in [0.25, 0.3) is 0 Å². The molecule has 0 aliphatic heterocycles. The van der Waals surface area contributed by atoms with Gasteiger partial charge in [0.2, 0.25) is 0 Å². The van der Waals surface area contributed by atoms with Crippen LogP contribution in [0.3, 0.4) is 0 Å². The van der Waals surface area contributed by atoms with Gasteiger partial charge in [0.1, 0.15) is 11.6 Å². The van der Waals surface area contributed by atoms with Crippen LogP contribution in [0.1, 0.15) is 28.7 Å². The molecule has 2 aromatic heterocycles. The van der Waals surface area contributed by atoms with Crippen LogP contribution in [0, 0.1) is 18.3 Å². The van der Waals surface area contributed by atoms with Crippen molar-refractivity contribution in [2.45, 2.75) is 13.8 Å². The zero-order valence-electron chi connectivity index (χ0n) is 9.47. The standard InChI is InChI=1S/C11H10N4O2/c1-3-17-11(16)9-4-7(2)14-10-8(5-12)6-13-15(9)10/h4,6H,3H2,1-2H3. The number of aromatic nitrogens is 3. The van der Waals surface area contributed by atoms with Crippen molar-refractivity contribution in [3.8, 4) is 6.07 Å². The molecule has 0 atom stereocenters. The number of hydrogen-bond donors (Lipinski definition) is 0. The summed E-state index contributed by atoms with van der Waals surface area (Å²) in [7, 11) is 0. The summed E-state index contributed by atoms with van der Waals surface area (Å²) in [6.45, 7) is 3.76. The molecule has 2 rings (SSSR count). The second kappa shape index (κ2) is 4.22. The molecule has 2 heterocycles. The van der Waals surface area contributed by atoms with Gasteiger partial charge in [-0.3, -0.25) is 0 Å². The Labute approximate surface area is 97.4 Å². The second-order valence-corrected chi connectivity index (χ2v) is 3.41. The minimum Gasteiger partial charge on any atom is -0.461 e. The van der Waals surface area contributed by atoms with Crippen molar-refractivity contribution in [3.05, 3.63) is 29.2 Å². The Morgan fingerprint density at radius 1 is 1.65 bits per heavy atom. The number of hydrogen-bond acceptors (Lipinski definition) is 5. The molecule has 0 bridgehead atoms. The molecule has 0 fully saturated rings. The average molecular weight is 230 g/mol. The maximum absolute atomic E-state index is 11.7. The lowest BCUT2D eigenvalue weighted by Crippen LogP contribution is -2.12. The van der Waals surface area contributed by atoms with Crippen molar-refractivity contribution < 1.29 is 9.53 Å². The summed E-state index contributed by atoms with van der Waals surface area (Å²) in [5.74, 6) is -0.476. The lowest BCUT2D eigenvalue weighted by atomic mass is 10.3. The van der Waals surface area contributed by atoms with E-state index < -0.39 is 5.97 Å². The molecule has 6 heteroatoms. The molecular weight excluding hydrogens is 220 g/mol. The van der Waals surface area contributed by atoms with E-state index in [4.69, 9.17) is 10.00 Å². The fourth-order valence-electron chi connectivity index (χ4n) is 1.51. The lowest BCUT2D eigenvalue weighted by Gasteiger charge is -2.05. The third kappa shape index (κ3) is 1.83. The molecular formula is C11H10N4O2. The second-order valence-electron chi connectivity index (χ2n) is 3.41. The smallest absolute Gasteiger partial charge is 0.357 e. The van der Waals surface area contributed by atoms with Crippen LogP contribution in [0.5, 0.6) is 0 Å². The first-order valence-electron chi connectivity index (χ1n) is 5.10. The highest BCUT2D eigenvalue weighted by molar-refractivity contribution is 5.88. The fourth-order valence-corrected chi connectivity index (χ4v) is 1.51. The van der Waals surface area contributed by atoms with Gasteiger partial charge < -0.3 is 4.74 Å². The van der Waals surface area contributed by atoms with E-state index in [1.165, 1.54) is 10.7 Å². The van der Waals surface area contributed by atoms with E-state index in [9.17, 15) is 4.79 Å². The molecule has 6 nitrogen and oxygen atoms in total. The summed E-state index contributed by atoms with van der Waals surface area (Å²) in [5.41, 5.74) is 1.61. The van der Waals surface area contributed by atoms with Crippen LogP contribution in [0.2, 0.25) is 0 Å². The minimum absolute atomic E-state index is 0.274. The Balaban J connectivity index is 2.68. The van der Waals surface area contributed by atoms with E-state index in [1.807, 2.05) is 6.07 Å². The summed E-state index contributed by atoms with van der Waals surface area (Å²) in [6.07, 6.45) is 1.38. The Morgan fingerprint density at radius 2 is 2.41 bits per heavy atom. The average Bonchev–Trinajstić information content (AvgIpc) is 2.71. The third-order valence-electron chi connectivity index (χ3n) is 2.20. The van der Waals surface area contributed by atoms with E-state index in [1.54, 1.807) is 19.9 Å². The first-order chi connectivity index (χ1) is 8.17. The molecule has 0 spiro atoms. The van der Waals surface area contributed by atoms with Crippen LogP contribution in [0.4, 0.5) is 0 Å². The highest BCUT2D eigenvalue weighted by atomic mass is 16.5. The largest absolute Gasteiger partial charge is 0.461 e. The predicted octanol–water partition coefficient (Wildman–Crippen LogP) is 1.09. The Morgan fingerprint density at radius 3 is 3.06 bits per heavy atom. The summed E-state index contributed by atoms with van der Waals surface area (Å²) < 4.78 is 6.25. The van der Waals surface area contributed by atoms with Gasteiger partial charge in [-0.2, -0.15) is 10.4 Å². The first kappa shape index (κ1) is 11.1. The van der Waals surface area contributed by atoms with Crippen LogP contribution in [0.15, 0.2) is 12.3 Å². The van der Waals surface area contributed by atoms with Crippen LogP contribution in [-0.2, 0) is 4.74 Å². The summed E-state index contributed by atoms with van der Waals surface area (Å²) in [4.78, 5) is 15.9. The molecule has 0 aliphatic carbocycles. The predicted molar refractivity (Wildman–Crippen MR) is 58.4 cm³/mol. The van der Waals surface area contributed by atoms with Crippen molar-refractivity contribution >= 4 is 11.6 Å². The molecule has 0 aliphatic rings. The number of nitrogens with zero attached hydrogens (tertiary/aromatic N) is 4. The number of rotatable bonds is 2. The van der Waals surface area contributed by atoms with E-state index in [0.717, 1.165) is 0 Å². The molecule has 0 N–H and O–H groups in total. The van der Waals surface area contributed by atoms with Crippen LogP contribution < -0.4 is 0 Å². The summed E-state index contributed by atoms with van der Waals surface area (Å²) >= 11 is 0. The van der Waals surface area contributed by atoms with Gasteiger partial charge in [0.05, 0.1) is 12.8 Å². The number of carbonyl (C=O) groups is 1. The third-order valence-corrected chi connectivity index (χ3v) is 2.20. The number of esters is 1. The Hall–Kier alpha value is -2.42. The minimum atomic E-state index is -0.476. The van der Waals surface area contributed by atoms with Crippen molar-refractivity contribution in [1.29, 1.82) is 5.26 Å². The fraction of sp³-hybridized carbons (Fsp3) is 0.273. The van der Waals surface area contributed by atoms with Gasteiger partial charge in [-0.1, -0.05) is 0 Å². The lowest BCUT2D eigenvalue weighted by molar-refractivity contribution is 0.0516. The van der Waals surface area contributed by atoms with Crippen molar-refractivity contribution in [3.63, 3.8) is 0 Å². The molecule has 0 saturated heterocycles. The highest BCUT2D eigenvalue weighted by Gasteiger charge is 2.16. The zero-order chi connectivity index (χ0) is 12.4. The monoisotopic (exact) mass is 230 g/mol. The number of fused-ring (bicyclic) bond motifs is 1. The van der Waals surface area contributed by atoms with E-state index in [0.29, 0.717) is 16.9 Å². The highest BCUT2D eigenvalue weighted by Crippen LogP contribution is 2.12. The normalized spacial score (nSPS) is 10.2. The van der Waals surface area contributed by atoms with E-state index in [2.05, 4.69) is 10.1 Å². The Kier molecular flexibility index (Phi) is 2.75. The quantitative estimate of drug-likeness (QED) is 0.721. The Bertz CT molecular complexity index is 624. The summed E-state index contributed by atoms with van der Waals surface area (Å²) in [6, 6.07) is 3.56. The summed E-state index contributed by atoms with van der Waals surface area (Å²) in [5, 5.41) is 12.9. The number of aryl methyl sites for hydroxylation is 1. The van der Waals surface area contributed by atoms with Gasteiger partial charge in [-0.25, -0.2) is 14.3 Å². The molecule has 17 heavy (non-hydrogen) atoms. The van der Waals surface area contributed by atoms with Crippen molar-refractivity contribution in [2.24, 2.45) is 0 Å². The van der Waals surface area contributed by atoms with Gasteiger partial charge in [0.15, 0.2) is 11.3 Å². The number of nitriles is 1. The maximum atomic E-state index is 11.7. The van der Waals surface area contributed by atoms with Gasteiger partial charge in [0, 0.05) is 5.69 Å². The van der Waals surface area contributed by atoms with E-state index in [-0.39, 0.29) is 12.3 Å². The molecule has 0 unspecified atom stereocenters. The zero-order valence-corrected chi connectivity index (χ0v) is 9.47. The molecule has 0 aromatic carbocycles. The van der Waals surface area contributed by atoms with Crippen molar-refractivity contribution in [2.75, 3.05) is 6.61 Å². The topological polar surface area (TPSA) is 80.3 Å². The van der Waals surface area contributed by atoms with E-state index >= 15 is 0 Å². The van der Waals surface area contributed by atoms with Crippen molar-refractivity contribution in [1.82, 2.24) is 14.6 Å². The molecule has 2 aromatic rings. The SMILES string of the molecule is CCOC(=O)c1cc(C)nc2c(C#N)cnn12. The molecule has 0 radical (unpaired) electrons. The van der Waals surface area contributed by atoms with Gasteiger partial charge >= 0.3 is 5.97 Å². The van der Waals surface area contributed by atoms with Crippen LogP contribution in [0.25, 0.3) is 5.65 Å². The molecule has 0 amide bonds. The first-order valence-corrected chi connectivity index (χ1v) is 5.10. The van der Waals surface area contributed by atoms with Gasteiger partial charge in [-0.15, -0.1) is 0 Å². The maximum Gasteiger partial charge on any atom is 0.357 e. The number of carbonyl (C=O) groups excluding carboxylic acids is 1. The van der Waals surface area contributed by atoms with Crippen LogP contribution >= 0.6 is 0 Å². The van der Waals surface area contributed by atoms with Crippen LogP contribution in [-0.4, -0.2) is 27.2 Å². The number of ether oxygens (including phenoxy) is 1. The van der Waals surface area contributed by atoms with Gasteiger partial charge in [-0.05, 0) is 19.9 Å². The molecule has 86 valence electrons. The molecule has 0 saturated carbocycles.